The second-order valence-electron chi connectivity index (χ2n) is 4.67. The Morgan fingerprint density at radius 1 is 1.53 bits per heavy atom. The number of benzene rings is 1. The fourth-order valence-electron chi connectivity index (χ4n) is 2.18. The van der Waals surface area contributed by atoms with Gasteiger partial charge in [0.25, 0.3) is 0 Å². The molecule has 0 aliphatic heterocycles. The van der Waals surface area contributed by atoms with Gasteiger partial charge in [0.2, 0.25) is 5.91 Å². The van der Waals surface area contributed by atoms with Gasteiger partial charge in [-0.3, -0.25) is 4.79 Å². The van der Waals surface area contributed by atoms with Crippen LogP contribution in [-0.4, -0.2) is 26.9 Å². The lowest BCUT2D eigenvalue weighted by atomic mass is 10.1. The fraction of sp³-hybridized carbons (Fsp3) is 0.308. The molecular weight excluding hydrogens is 247 g/mol. The highest BCUT2D eigenvalue weighted by atomic mass is 19.1. The number of carbonyl (C=O) groups is 1. The van der Waals surface area contributed by atoms with Crippen molar-refractivity contribution in [3.8, 4) is 0 Å². The highest BCUT2D eigenvalue weighted by Crippen LogP contribution is 2.40. The minimum absolute atomic E-state index is 0.0952. The van der Waals surface area contributed by atoms with Crippen molar-refractivity contribution in [1.82, 2.24) is 20.3 Å². The van der Waals surface area contributed by atoms with Crippen LogP contribution in [0.5, 0.6) is 0 Å². The SMILES string of the molecule is O=C(Cn1ccnn1)N[C@@H]1C[C@H]1c1cccc(F)c1. The predicted octanol–water partition coefficient (Wildman–Crippen LogP) is 1.09. The van der Waals surface area contributed by atoms with Crippen LogP contribution in [0.2, 0.25) is 0 Å². The zero-order valence-electron chi connectivity index (χ0n) is 10.2. The van der Waals surface area contributed by atoms with Crippen LogP contribution in [-0.2, 0) is 11.3 Å². The van der Waals surface area contributed by atoms with Gasteiger partial charge in [0.1, 0.15) is 12.4 Å². The van der Waals surface area contributed by atoms with Gasteiger partial charge in [0.15, 0.2) is 0 Å². The molecule has 2 aromatic rings. The second kappa shape index (κ2) is 4.79. The summed E-state index contributed by atoms with van der Waals surface area (Å²) >= 11 is 0. The Morgan fingerprint density at radius 2 is 2.42 bits per heavy atom. The maximum atomic E-state index is 13.1. The molecule has 1 aliphatic carbocycles. The zero-order chi connectivity index (χ0) is 13.2. The molecule has 1 amide bonds. The van der Waals surface area contributed by atoms with Crippen LogP contribution < -0.4 is 5.32 Å². The average Bonchev–Trinajstić information content (AvgIpc) is 2.94. The molecule has 6 heteroatoms. The summed E-state index contributed by atoms with van der Waals surface area (Å²) in [5.41, 5.74) is 0.936. The number of rotatable bonds is 4. The molecule has 5 nitrogen and oxygen atoms in total. The van der Waals surface area contributed by atoms with Crippen molar-refractivity contribution < 1.29 is 9.18 Å². The summed E-state index contributed by atoms with van der Waals surface area (Å²) in [5.74, 6) is -0.123. The van der Waals surface area contributed by atoms with Gasteiger partial charge < -0.3 is 5.32 Å². The molecule has 1 saturated carbocycles. The number of hydrogen-bond acceptors (Lipinski definition) is 3. The molecule has 0 spiro atoms. The normalized spacial score (nSPS) is 21.1. The number of hydrogen-bond donors (Lipinski definition) is 1. The van der Waals surface area contributed by atoms with E-state index in [2.05, 4.69) is 15.6 Å². The number of halogens is 1. The molecule has 3 rings (SSSR count). The molecule has 1 fully saturated rings. The summed E-state index contributed by atoms with van der Waals surface area (Å²) in [6.45, 7) is 0.159. The van der Waals surface area contributed by atoms with Gasteiger partial charge in [-0.25, -0.2) is 9.07 Å². The largest absolute Gasteiger partial charge is 0.351 e. The standard InChI is InChI=1S/C13H13FN4O/c14-10-3-1-2-9(6-10)11-7-12(11)16-13(19)8-18-5-4-15-17-18/h1-6,11-12H,7-8H2,(H,16,19)/t11-,12+/m0/s1. The van der Waals surface area contributed by atoms with Crippen molar-refractivity contribution in [3.63, 3.8) is 0 Å². The van der Waals surface area contributed by atoms with E-state index in [9.17, 15) is 9.18 Å². The molecule has 0 unspecified atom stereocenters. The maximum absolute atomic E-state index is 13.1. The predicted molar refractivity (Wildman–Crippen MR) is 65.7 cm³/mol. The van der Waals surface area contributed by atoms with Crippen molar-refractivity contribution in [3.05, 3.63) is 48.0 Å². The molecular formula is C13H13FN4O. The third-order valence-corrected chi connectivity index (χ3v) is 3.19. The second-order valence-corrected chi connectivity index (χ2v) is 4.67. The maximum Gasteiger partial charge on any atom is 0.242 e. The Hall–Kier alpha value is -2.24. The molecule has 19 heavy (non-hydrogen) atoms. The van der Waals surface area contributed by atoms with Crippen LogP contribution in [0, 0.1) is 5.82 Å². The molecule has 0 radical (unpaired) electrons. The Kier molecular flexibility index (Phi) is 2.98. The van der Waals surface area contributed by atoms with E-state index in [4.69, 9.17) is 0 Å². The van der Waals surface area contributed by atoms with Crippen molar-refractivity contribution in [2.45, 2.75) is 24.9 Å². The summed E-state index contributed by atoms with van der Waals surface area (Å²) in [6.07, 6.45) is 4.02. The smallest absolute Gasteiger partial charge is 0.242 e. The van der Waals surface area contributed by atoms with Gasteiger partial charge in [0, 0.05) is 18.2 Å². The quantitative estimate of drug-likeness (QED) is 0.895. The molecule has 0 saturated heterocycles. The first-order valence-corrected chi connectivity index (χ1v) is 6.11. The number of nitrogens with one attached hydrogen (secondary N) is 1. The lowest BCUT2D eigenvalue weighted by Gasteiger charge is -2.04. The Balaban J connectivity index is 1.54. The van der Waals surface area contributed by atoms with E-state index >= 15 is 0 Å². The minimum atomic E-state index is -0.239. The molecule has 1 aliphatic rings. The molecule has 1 aromatic carbocycles. The van der Waals surface area contributed by atoms with E-state index in [-0.39, 0.29) is 30.2 Å². The van der Waals surface area contributed by atoms with Crippen LogP contribution >= 0.6 is 0 Å². The van der Waals surface area contributed by atoms with Gasteiger partial charge in [-0.15, -0.1) is 5.10 Å². The van der Waals surface area contributed by atoms with Gasteiger partial charge in [-0.05, 0) is 24.1 Å². The number of carbonyl (C=O) groups excluding carboxylic acids is 1. The van der Waals surface area contributed by atoms with Crippen molar-refractivity contribution in [2.24, 2.45) is 0 Å². The van der Waals surface area contributed by atoms with Crippen molar-refractivity contribution in [2.75, 3.05) is 0 Å². The molecule has 1 N–H and O–H groups in total. The summed E-state index contributed by atoms with van der Waals surface area (Å²) in [7, 11) is 0. The molecule has 0 bridgehead atoms. The van der Waals surface area contributed by atoms with Crippen LogP contribution in [0.1, 0.15) is 17.9 Å². The highest BCUT2D eigenvalue weighted by molar-refractivity contribution is 5.76. The van der Waals surface area contributed by atoms with E-state index in [0.717, 1.165) is 12.0 Å². The summed E-state index contributed by atoms with van der Waals surface area (Å²) < 4.78 is 14.6. The van der Waals surface area contributed by atoms with Crippen LogP contribution in [0.4, 0.5) is 4.39 Å². The van der Waals surface area contributed by atoms with E-state index in [1.165, 1.54) is 23.0 Å². The van der Waals surface area contributed by atoms with Crippen LogP contribution in [0.25, 0.3) is 0 Å². The van der Waals surface area contributed by atoms with E-state index in [0.29, 0.717) is 0 Å². The third-order valence-electron chi connectivity index (χ3n) is 3.19. The fourth-order valence-corrected chi connectivity index (χ4v) is 2.18. The van der Waals surface area contributed by atoms with E-state index < -0.39 is 0 Å². The Morgan fingerprint density at radius 3 is 3.16 bits per heavy atom. The minimum Gasteiger partial charge on any atom is -0.351 e. The van der Waals surface area contributed by atoms with Crippen molar-refractivity contribution >= 4 is 5.91 Å². The average molecular weight is 260 g/mol. The van der Waals surface area contributed by atoms with Gasteiger partial charge in [-0.1, -0.05) is 17.3 Å². The molecule has 2 atom stereocenters. The van der Waals surface area contributed by atoms with Crippen LogP contribution in [0.3, 0.4) is 0 Å². The summed E-state index contributed by atoms with van der Waals surface area (Å²) in [5, 5.41) is 10.3. The number of nitrogens with zero attached hydrogens (tertiary/aromatic N) is 3. The third kappa shape index (κ3) is 2.78. The van der Waals surface area contributed by atoms with Gasteiger partial charge in [0.05, 0.1) is 6.20 Å². The monoisotopic (exact) mass is 260 g/mol. The lowest BCUT2D eigenvalue weighted by Crippen LogP contribution is -2.30. The Labute approximate surface area is 109 Å². The highest BCUT2D eigenvalue weighted by Gasteiger charge is 2.39. The lowest BCUT2D eigenvalue weighted by molar-refractivity contribution is -0.122. The zero-order valence-corrected chi connectivity index (χ0v) is 10.2. The first-order chi connectivity index (χ1) is 9.22. The first-order valence-electron chi connectivity index (χ1n) is 6.11. The van der Waals surface area contributed by atoms with Gasteiger partial charge >= 0.3 is 0 Å². The first kappa shape index (κ1) is 11.8. The molecule has 1 heterocycles. The summed E-state index contributed by atoms with van der Waals surface area (Å²) in [4.78, 5) is 11.7. The molecule has 98 valence electrons. The van der Waals surface area contributed by atoms with E-state index in [1.54, 1.807) is 12.3 Å². The summed E-state index contributed by atoms with van der Waals surface area (Å²) in [6, 6.07) is 6.62. The Bertz CT molecular complexity index is 584. The topological polar surface area (TPSA) is 59.8 Å². The molecule has 1 aromatic heterocycles. The van der Waals surface area contributed by atoms with Gasteiger partial charge in [-0.2, -0.15) is 0 Å². The van der Waals surface area contributed by atoms with Crippen LogP contribution in [0.15, 0.2) is 36.7 Å². The number of aromatic nitrogens is 3. The number of amides is 1. The van der Waals surface area contributed by atoms with E-state index in [1.807, 2.05) is 6.07 Å². The van der Waals surface area contributed by atoms with Crippen molar-refractivity contribution in [1.29, 1.82) is 0 Å².